The number of amides is 2. The number of nitrogens with zero attached hydrogens (tertiary/aromatic N) is 1. The summed E-state index contributed by atoms with van der Waals surface area (Å²) in [6.45, 7) is 1.70. The van der Waals surface area contributed by atoms with Gasteiger partial charge in [-0.1, -0.05) is 0 Å². The molecule has 0 aromatic heterocycles. The maximum Gasteiger partial charge on any atom is 0.226 e. The lowest BCUT2D eigenvalue weighted by Crippen LogP contribution is -2.32. The fourth-order valence-electron chi connectivity index (χ4n) is 2.57. The number of rotatable bonds is 8. The van der Waals surface area contributed by atoms with Crippen LogP contribution in [0.25, 0.3) is 0 Å². The van der Waals surface area contributed by atoms with Crippen LogP contribution in [0.2, 0.25) is 0 Å². The van der Waals surface area contributed by atoms with Gasteiger partial charge in [0.15, 0.2) is 11.5 Å². The first-order valence-corrected chi connectivity index (χ1v) is 8.42. The first kappa shape index (κ1) is 20.1. The summed E-state index contributed by atoms with van der Waals surface area (Å²) in [7, 11) is 4.66. The molecular weight excluding hydrogens is 348 g/mol. The standard InChI is InChI=1S/C20H24N2O5/c1-14(23)22(16-7-10-18(26-3)19(13-16)27-4)12-11-20(24)21-15-5-8-17(25-2)9-6-15/h5-10,13H,11-12H2,1-4H3,(H,21,24). The molecular formula is C20H24N2O5. The molecule has 7 heteroatoms. The molecule has 0 fully saturated rings. The molecule has 0 unspecified atom stereocenters. The van der Waals surface area contributed by atoms with Crippen molar-refractivity contribution in [1.29, 1.82) is 0 Å². The molecule has 2 rings (SSSR count). The zero-order chi connectivity index (χ0) is 19.8. The third-order valence-corrected chi connectivity index (χ3v) is 4.00. The molecule has 1 N–H and O–H groups in total. The second-order valence-corrected chi connectivity index (χ2v) is 5.74. The molecule has 0 aliphatic carbocycles. The molecule has 0 saturated carbocycles. The lowest BCUT2D eigenvalue weighted by Gasteiger charge is -2.22. The van der Waals surface area contributed by atoms with Gasteiger partial charge >= 0.3 is 0 Å². The molecule has 2 amide bonds. The van der Waals surface area contributed by atoms with Crippen molar-refractivity contribution in [3.05, 3.63) is 42.5 Å². The predicted octanol–water partition coefficient (Wildman–Crippen LogP) is 3.09. The van der Waals surface area contributed by atoms with Gasteiger partial charge in [0, 0.05) is 37.3 Å². The van der Waals surface area contributed by atoms with Gasteiger partial charge < -0.3 is 24.4 Å². The van der Waals surface area contributed by atoms with Gasteiger partial charge in [0.2, 0.25) is 11.8 Å². The summed E-state index contributed by atoms with van der Waals surface area (Å²) in [5.41, 5.74) is 1.30. The Morgan fingerprint density at radius 3 is 2.15 bits per heavy atom. The van der Waals surface area contributed by atoms with E-state index in [1.807, 2.05) is 0 Å². The zero-order valence-electron chi connectivity index (χ0n) is 15.9. The Morgan fingerprint density at radius 1 is 0.926 bits per heavy atom. The highest BCUT2D eigenvalue weighted by molar-refractivity contribution is 5.95. The Balaban J connectivity index is 2.03. The van der Waals surface area contributed by atoms with Crippen LogP contribution in [0.15, 0.2) is 42.5 Å². The SMILES string of the molecule is COc1ccc(NC(=O)CCN(C(C)=O)c2ccc(OC)c(OC)c2)cc1. The van der Waals surface area contributed by atoms with Crippen molar-refractivity contribution in [3.63, 3.8) is 0 Å². The third-order valence-electron chi connectivity index (χ3n) is 4.00. The minimum atomic E-state index is -0.188. The summed E-state index contributed by atoms with van der Waals surface area (Å²) in [5.74, 6) is 1.45. The van der Waals surface area contributed by atoms with Crippen molar-refractivity contribution in [2.24, 2.45) is 0 Å². The van der Waals surface area contributed by atoms with Gasteiger partial charge in [-0.05, 0) is 36.4 Å². The number of hydrogen-bond donors (Lipinski definition) is 1. The monoisotopic (exact) mass is 372 g/mol. The molecule has 144 valence electrons. The fraction of sp³-hybridized carbons (Fsp3) is 0.300. The number of ether oxygens (including phenoxy) is 3. The molecule has 7 nitrogen and oxygen atoms in total. The molecule has 0 saturated heterocycles. The van der Waals surface area contributed by atoms with E-state index < -0.39 is 0 Å². The molecule has 0 bridgehead atoms. The van der Waals surface area contributed by atoms with Crippen LogP contribution in [-0.4, -0.2) is 39.7 Å². The van der Waals surface area contributed by atoms with E-state index in [1.54, 1.807) is 56.7 Å². The van der Waals surface area contributed by atoms with Gasteiger partial charge in [0.25, 0.3) is 0 Å². The number of hydrogen-bond acceptors (Lipinski definition) is 5. The van der Waals surface area contributed by atoms with Crippen LogP contribution in [0.3, 0.4) is 0 Å². The molecule has 0 radical (unpaired) electrons. The number of carbonyl (C=O) groups excluding carboxylic acids is 2. The molecule has 2 aromatic rings. The minimum Gasteiger partial charge on any atom is -0.497 e. The molecule has 0 aliphatic heterocycles. The fourth-order valence-corrected chi connectivity index (χ4v) is 2.57. The zero-order valence-corrected chi connectivity index (χ0v) is 15.9. The van der Waals surface area contributed by atoms with E-state index in [-0.39, 0.29) is 24.8 Å². The third kappa shape index (κ3) is 5.37. The first-order chi connectivity index (χ1) is 13.0. The number of carbonyl (C=O) groups is 2. The van der Waals surface area contributed by atoms with Crippen molar-refractivity contribution in [2.45, 2.75) is 13.3 Å². The average molecular weight is 372 g/mol. The Labute approximate surface area is 158 Å². The smallest absolute Gasteiger partial charge is 0.226 e. The van der Waals surface area contributed by atoms with Crippen LogP contribution in [-0.2, 0) is 9.59 Å². The van der Waals surface area contributed by atoms with Crippen LogP contribution in [0.4, 0.5) is 11.4 Å². The average Bonchev–Trinajstić information content (AvgIpc) is 2.68. The summed E-state index contributed by atoms with van der Waals surface area (Å²) in [6.07, 6.45) is 0.153. The number of anilines is 2. The number of methoxy groups -OCH3 is 3. The lowest BCUT2D eigenvalue weighted by atomic mass is 10.2. The Morgan fingerprint density at radius 2 is 1.59 bits per heavy atom. The van der Waals surface area contributed by atoms with E-state index in [4.69, 9.17) is 14.2 Å². The van der Waals surface area contributed by atoms with Gasteiger partial charge in [-0.3, -0.25) is 9.59 Å². The quantitative estimate of drug-likeness (QED) is 0.770. The molecule has 2 aromatic carbocycles. The first-order valence-electron chi connectivity index (χ1n) is 8.42. The number of benzene rings is 2. The van der Waals surface area contributed by atoms with Crippen molar-refractivity contribution < 1.29 is 23.8 Å². The highest BCUT2D eigenvalue weighted by atomic mass is 16.5. The second kappa shape index (κ2) is 9.47. The van der Waals surface area contributed by atoms with Gasteiger partial charge in [-0.15, -0.1) is 0 Å². The topological polar surface area (TPSA) is 77.1 Å². The Hall–Kier alpha value is -3.22. The maximum absolute atomic E-state index is 12.2. The molecule has 0 spiro atoms. The second-order valence-electron chi connectivity index (χ2n) is 5.74. The van der Waals surface area contributed by atoms with Gasteiger partial charge in [-0.25, -0.2) is 0 Å². The van der Waals surface area contributed by atoms with E-state index in [2.05, 4.69) is 5.32 Å². The van der Waals surface area contributed by atoms with Crippen LogP contribution < -0.4 is 24.4 Å². The van der Waals surface area contributed by atoms with Crippen LogP contribution in [0.1, 0.15) is 13.3 Å². The summed E-state index contributed by atoms with van der Waals surface area (Å²) < 4.78 is 15.6. The van der Waals surface area contributed by atoms with Crippen molar-refractivity contribution >= 4 is 23.2 Å². The predicted molar refractivity (Wildman–Crippen MR) is 104 cm³/mol. The van der Waals surface area contributed by atoms with Crippen molar-refractivity contribution in [2.75, 3.05) is 38.1 Å². The molecule has 27 heavy (non-hydrogen) atoms. The lowest BCUT2D eigenvalue weighted by molar-refractivity contribution is -0.117. The molecule has 0 atom stereocenters. The number of nitrogens with one attached hydrogen (secondary N) is 1. The van der Waals surface area contributed by atoms with E-state index >= 15 is 0 Å². The molecule has 0 heterocycles. The van der Waals surface area contributed by atoms with Crippen LogP contribution in [0, 0.1) is 0 Å². The van der Waals surface area contributed by atoms with Gasteiger partial charge in [0.1, 0.15) is 5.75 Å². The highest BCUT2D eigenvalue weighted by Crippen LogP contribution is 2.31. The van der Waals surface area contributed by atoms with Gasteiger partial charge in [0.05, 0.1) is 21.3 Å². The van der Waals surface area contributed by atoms with Crippen LogP contribution in [0.5, 0.6) is 17.2 Å². The van der Waals surface area contributed by atoms with E-state index in [0.717, 1.165) is 0 Å². The minimum absolute atomic E-state index is 0.153. The summed E-state index contributed by atoms with van der Waals surface area (Å²) in [4.78, 5) is 25.8. The van der Waals surface area contributed by atoms with E-state index in [9.17, 15) is 9.59 Å². The summed E-state index contributed by atoms with van der Waals surface area (Å²) >= 11 is 0. The maximum atomic E-state index is 12.2. The molecule has 0 aliphatic rings. The summed E-state index contributed by atoms with van der Waals surface area (Å²) in [5, 5.41) is 2.80. The highest BCUT2D eigenvalue weighted by Gasteiger charge is 2.16. The van der Waals surface area contributed by atoms with Crippen molar-refractivity contribution in [3.8, 4) is 17.2 Å². The Bertz CT molecular complexity index is 789. The normalized spacial score (nSPS) is 10.1. The van der Waals surface area contributed by atoms with Crippen LogP contribution >= 0.6 is 0 Å². The Kier molecular flexibility index (Phi) is 7.05. The summed E-state index contributed by atoms with van der Waals surface area (Å²) in [6, 6.07) is 12.2. The van der Waals surface area contributed by atoms with Crippen molar-refractivity contribution in [1.82, 2.24) is 0 Å². The van der Waals surface area contributed by atoms with E-state index in [0.29, 0.717) is 28.6 Å². The largest absolute Gasteiger partial charge is 0.497 e. The van der Waals surface area contributed by atoms with Gasteiger partial charge in [-0.2, -0.15) is 0 Å². The van der Waals surface area contributed by atoms with E-state index in [1.165, 1.54) is 18.9 Å².